The summed E-state index contributed by atoms with van der Waals surface area (Å²) in [6.07, 6.45) is 0.117. The smallest absolute Gasteiger partial charge is 0.315 e. The Labute approximate surface area is 127 Å². The van der Waals surface area contributed by atoms with Crippen molar-refractivity contribution >= 4 is 17.4 Å². The highest BCUT2D eigenvalue weighted by Gasteiger charge is 2.07. The van der Waals surface area contributed by atoms with Gasteiger partial charge in [-0.2, -0.15) is 0 Å². The summed E-state index contributed by atoms with van der Waals surface area (Å²) in [5, 5.41) is 24.2. The molecule has 112 valence electrons. The molecule has 0 spiro atoms. The number of benzene rings is 1. The first-order valence-corrected chi connectivity index (χ1v) is 7.54. The third-order valence-electron chi connectivity index (χ3n) is 2.74. The normalized spacial score (nSPS) is 11.9. The maximum atomic E-state index is 11.5. The van der Waals surface area contributed by atoms with Crippen molar-refractivity contribution in [2.24, 2.45) is 0 Å². The first kappa shape index (κ1) is 15.4. The molecule has 2 amide bonds. The van der Waals surface area contributed by atoms with E-state index in [2.05, 4.69) is 20.8 Å². The standard InChI is InChI=1S/C14H18N4O2S/c1-10(19)7-8-15-14(20)16-9-12-17-18-13(21-12)11-5-3-2-4-6-11/h2-6,10,19H,7-9H2,1H3,(H2,15,16,20). The topological polar surface area (TPSA) is 87.1 Å². The summed E-state index contributed by atoms with van der Waals surface area (Å²) in [5.74, 6) is 0. The van der Waals surface area contributed by atoms with E-state index in [9.17, 15) is 4.79 Å². The molecular formula is C14H18N4O2S. The third-order valence-corrected chi connectivity index (χ3v) is 3.71. The summed E-state index contributed by atoms with van der Waals surface area (Å²) in [6.45, 7) is 2.46. The number of carbonyl (C=O) groups excluding carboxylic acids is 1. The Balaban J connectivity index is 1.79. The van der Waals surface area contributed by atoms with Crippen molar-refractivity contribution < 1.29 is 9.90 Å². The van der Waals surface area contributed by atoms with E-state index in [1.807, 2.05) is 30.3 Å². The van der Waals surface area contributed by atoms with E-state index in [1.54, 1.807) is 6.92 Å². The van der Waals surface area contributed by atoms with Crippen LogP contribution in [0.4, 0.5) is 4.79 Å². The van der Waals surface area contributed by atoms with Gasteiger partial charge in [0.25, 0.3) is 0 Å². The maximum absolute atomic E-state index is 11.5. The molecule has 0 saturated carbocycles. The van der Waals surface area contributed by atoms with Gasteiger partial charge in [-0.25, -0.2) is 4.79 Å². The van der Waals surface area contributed by atoms with Crippen LogP contribution in [0.3, 0.4) is 0 Å². The number of carbonyl (C=O) groups is 1. The fraction of sp³-hybridized carbons (Fsp3) is 0.357. The SMILES string of the molecule is CC(O)CCNC(=O)NCc1nnc(-c2ccccc2)s1. The first-order chi connectivity index (χ1) is 10.1. The van der Waals surface area contributed by atoms with Gasteiger partial charge in [0.05, 0.1) is 12.6 Å². The van der Waals surface area contributed by atoms with Crippen molar-refractivity contribution in [3.8, 4) is 10.6 Å². The lowest BCUT2D eigenvalue weighted by molar-refractivity contribution is 0.183. The molecule has 1 aromatic heterocycles. The molecule has 0 saturated heterocycles. The molecule has 2 rings (SSSR count). The predicted octanol–water partition coefficient (Wildman–Crippen LogP) is 1.78. The number of urea groups is 1. The Morgan fingerprint density at radius 3 is 2.76 bits per heavy atom. The van der Waals surface area contributed by atoms with E-state index in [0.717, 1.165) is 15.6 Å². The van der Waals surface area contributed by atoms with Crippen LogP contribution in [0.2, 0.25) is 0 Å². The minimum Gasteiger partial charge on any atom is -0.393 e. The van der Waals surface area contributed by atoms with Crippen LogP contribution in [-0.4, -0.2) is 34.0 Å². The highest BCUT2D eigenvalue weighted by molar-refractivity contribution is 7.14. The molecule has 0 aliphatic heterocycles. The van der Waals surface area contributed by atoms with Gasteiger partial charge in [-0.15, -0.1) is 10.2 Å². The van der Waals surface area contributed by atoms with Gasteiger partial charge in [0.1, 0.15) is 10.0 Å². The van der Waals surface area contributed by atoms with E-state index < -0.39 is 6.10 Å². The summed E-state index contributed by atoms with van der Waals surface area (Å²) >= 11 is 1.45. The molecule has 0 bridgehead atoms. The Morgan fingerprint density at radius 2 is 2.05 bits per heavy atom. The number of aliphatic hydroxyl groups excluding tert-OH is 1. The van der Waals surface area contributed by atoms with E-state index in [0.29, 0.717) is 19.5 Å². The molecule has 0 radical (unpaired) electrons. The van der Waals surface area contributed by atoms with E-state index in [1.165, 1.54) is 11.3 Å². The molecule has 7 heteroatoms. The molecule has 1 unspecified atom stereocenters. The minimum atomic E-state index is -0.415. The Hall–Kier alpha value is -1.99. The Bertz CT molecular complexity index is 571. The second-order valence-corrected chi connectivity index (χ2v) is 5.68. The van der Waals surface area contributed by atoms with Crippen LogP contribution in [0, 0.1) is 0 Å². The predicted molar refractivity (Wildman–Crippen MR) is 81.9 cm³/mol. The van der Waals surface area contributed by atoms with Gasteiger partial charge in [-0.1, -0.05) is 41.7 Å². The van der Waals surface area contributed by atoms with Gasteiger partial charge in [0, 0.05) is 12.1 Å². The van der Waals surface area contributed by atoms with Crippen molar-refractivity contribution in [1.82, 2.24) is 20.8 Å². The largest absolute Gasteiger partial charge is 0.393 e. The number of amides is 2. The molecular weight excluding hydrogens is 288 g/mol. The zero-order chi connectivity index (χ0) is 15.1. The van der Waals surface area contributed by atoms with Gasteiger partial charge < -0.3 is 15.7 Å². The number of nitrogens with one attached hydrogen (secondary N) is 2. The molecule has 3 N–H and O–H groups in total. The fourth-order valence-corrected chi connectivity index (χ4v) is 2.42. The minimum absolute atomic E-state index is 0.271. The number of aliphatic hydroxyl groups is 1. The van der Waals surface area contributed by atoms with Crippen molar-refractivity contribution in [2.75, 3.05) is 6.54 Å². The second-order valence-electron chi connectivity index (χ2n) is 4.61. The molecule has 1 aromatic carbocycles. The number of rotatable bonds is 6. The summed E-state index contributed by atoms with van der Waals surface area (Å²) < 4.78 is 0. The number of hydrogen-bond acceptors (Lipinski definition) is 5. The number of aromatic nitrogens is 2. The monoisotopic (exact) mass is 306 g/mol. The molecule has 21 heavy (non-hydrogen) atoms. The Kier molecular flexibility index (Phi) is 5.65. The third kappa shape index (κ3) is 5.13. The van der Waals surface area contributed by atoms with Gasteiger partial charge in [-0.05, 0) is 13.3 Å². The van der Waals surface area contributed by atoms with E-state index in [4.69, 9.17) is 5.11 Å². The maximum Gasteiger partial charge on any atom is 0.315 e. The molecule has 6 nitrogen and oxygen atoms in total. The number of hydrogen-bond donors (Lipinski definition) is 3. The van der Waals surface area contributed by atoms with Crippen LogP contribution in [0.15, 0.2) is 30.3 Å². The van der Waals surface area contributed by atoms with Gasteiger partial charge >= 0.3 is 6.03 Å². The molecule has 1 atom stereocenters. The summed E-state index contributed by atoms with van der Waals surface area (Å²) in [6, 6.07) is 9.52. The lowest BCUT2D eigenvalue weighted by atomic mass is 10.2. The van der Waals surface area contributed by atoms with Gasteiger partial charge in [-0.3, -0.25) is 0 Å². The summed E-state index contributed by atoms with van der Waals surface area (Å²) in [7, 11) is 0. The van der Waals surface area contributed by atoms with Crippen molar-refractivity contribution in [3.05, 3.63) is 35.3 Å². The first-order valence-electron chi connectivity index (χ1n) is 6.72. The quantitative estimate of drug-likeness (QED) is 0.759. The molecule has 0 aliphatic rings. The highest BCUT2D eigenvalue weighted by atomic mass is 32.1. The van der Waals surface area contributed by atoms with Crippen LogP contribution in [0.5, 0.6) is 0 Å². The van der Waals surface area contributed by atoms with Crippen molar-refractivity contribution in [1.29, 1.82) is 0 Å². The van der Waals surface area contributed by atoms with Crippen molar-refractivity contribution in [2.45, 2.75) is 26.0 Å². The zero-order valence-electron chi connectivity index (χ0n) is 11.7. The van der Waals surface area contributed by atoms with E-state index >= 15 is 0 Å². The van der Waals surface area contributed by atoms with Gasteiger partial charge in [0.15, 0.2) is 0 Å². The highest BCUT2D eigenvalue weighted by Crippen LogP contribution is 2.22. The average Bonchev–Trinajstić information content (AvgIpc) is 2.94. The van der Waals surface area contributed by atoms with Crippen LogP contribution in [0.1, 0.15) is 18.4 Å². The zero-order valence-corrected chi connectivity index (χ0v) is 12.6. The molecule has 1 heterocycles. The van der Waals surface area contributed by atoms with E-state index in [-0.39, 0.29) is 6.03 Å². The fourth-order valence-electron chi connectivity index (χ4n) is 1.64. The van der Waals surface area contributed by atoms with Gasteiger partial charge in [0.2, 0.25) is 0 Å². The van der Waals surface area contributed by atoms with Crippen LogP contribution < -0.4 is 10.6 Å². The lowest BCUT2D eigenvalue weighted by Crippen LogP contribution is -2.36. The molecule has 2 aromatic rings. The summed E-state index contributed by atoms with van der Waals surface area (Å²) in [4.78, 5) is 11.5. The molecule has 0 fully saturated rings. The molecule has 0 aliphatic carbocycles. The second kappa shape index (κ2) is 7.70. The van der Waals surface area contributed by atoms with Crippen molar-refractivity contribution in [3.63, 3.8) is 0 Å². The van der Waals surface area contributed by atoms with Crippen LogP contribution >= 0.6 is 11.3 Å². The number of nitrogens with zero attached hydrogens (tertiary/aromatic N) is 2. The summed E-state index contributed by atoms with van der Waals surface area (Å²) in [5.41, 5.74) is 1.02. The van der Waals surface area contributed by atoms with Crippen LogP contribution in [-0.2, 0) is 6.54 Å². The van der Waals surface area contributed by atoms with Crippen LogP contribution in [0.25, 0.3) is 10.6 Å². The lowest BCUT2D eigenvalue weighted by Gasteiger charge is -2.07. The Morgan fingerprint density at radius 1 is 1.29 bits per heavy atom. The average molecular weight is 306 g/mol.